The van der Waals surface area contributed by atoms with Crippen molar-refractivity contribution in [1.29, 1.82) is 0 Å². The lowest BCUT2D eigenvalue weighted by Gasteiger charge is -2.41. The van der Waals surface area contributed by atoms with Crippen LogP contribution in [-0.4, -0.2) is 79.6 Å². The van der Waals surface area contributed by atoms with Gasteiger partial charge in [-0.1, -0.05) is 50.0 Å². The molecule has 0 aromatic heterocycles. The van der Waals surface area contributed by atoms with Crippen LogP contribution in [0.15, 0.2) is 30.3 Å². The number of rotatable bonds is 9. The van der Waals surface area contributed by atoms with E-state index >= 15 is 0 Å². The molecular formula is C25H38N4O7Si. The Balaban J connectivity index is 1.58. The molecule has 1 aromatic rings. The van der Waals surface area contributed by atoms with Crippen molar-refractivity contribution in [2.75, 3.05) is 13.2 Å². The molecule has 4 atom stereocenters. The number of carbonyl (C=O) groups is 4. The predicted molar refractivity (Wildman–Crippen MR) is 139 cm³/mol. The van der Waals surface area contributed by atoms with E-state index < -0.39 is 38.4 Å². The van der Waals surface area contributed by atoms with Gasteiger partial charge < -0.3 is 35.4 Å². The number of carbonyl (C=O) groups excluding carboxylic acids is 3. The summed E-state index contributed by atoms with van der Waals surface area (Å²) in [6, 6.07) is 8.19. The number of nitrogens with one attached hydrogen (secondary N) is 3. The Labute approximate surface area is 218 Å². The van der Waals surface area contributed by atoms with Crippen molar-refractivity contribution in [2.45, 2.75) is 82.1 Å². The smallest absolute Gasteiger partial charge is 0.408 e. The quantitative estimate of drug-likeness (QED) is 0.356. The van der Waals surface area contributed by atoms with Gasteiger partial charge in [-0.05, 0) is 37.3 Å². The number of hydrogen-bond donors (Lipinski definition) is 4. The van der Waals surface area contributed by atoms with Gasteiger partial charge in [0.05, 0.1) is 18.7 Å². The highest BCUT2D eigenvalue weighted by molar-refractivity contribution is 6.76. The number of benzene rings is 1. The molecule has 204 valence electrons. The Morgan fingerprint density at radius 2 is 1.70 bits per heavy atom. The molecule has 1 heterocycles. The molecule has 12 heteroatoms. The zero-order valence-electron chi connectivity index (χ0n) is 21.7. The lowest BCUT2D eigenvalue weighted by molar-refractivity contribution is -0.132. The van der Waals surface area contributed by atoms with Gasteiger partial charge in [0.1, 0.15) is 12.6 Å². The Bertz CT molecular complexity index is 956. The SMILES string of the molecule is C[Si](C)(C)CCOC(=O)N[C@@H]1C[C@H](NC(=O)O)CC[C@@H]1N1CC[C@H](NC(=O)OCc2ccccc2)C1=O. The van der Waals surface area contributed by atoms with Gasteiger partial charge in [-0.25, -0.2) is 14.4 Å². The molecule has 1 saturated carbocycles. The molecule has 3 rings (SSSR count). The average Bonchev–Trinajstić information content (AvgIpc) is 3.17. The summed E-state index contributed by atoms with van der Waals surface area (Å²) in [6.07, 6.45) is -0.589. The van der Waals surface area contributed by atoms with Crippen molar-refractivity contribution >= 4 is 32.3 Å². The molecule has 37 heavy (non-hydrogen) atoms. The van der Waals surface area contributed by atoms with Crippen molar-refractivity contribution in [3.63, 3.8) is 0 Å². The minimum atomic E-state index is -1.37. The first-order valence-corrected chi connectivity index (χ1v) is 16.4. The molecule has 0 bridgehead atoms. The lowest BCUT2D eigenvalue weighted by Crippen LogP contribution is -2.59. The number of nitrogens with zero attached hydrogens (tertiary/aromatic N) is 1. The summed E-state index contributed by atoms with van der Waals surface area (Å²) in [5, 5.41) is 17.1. The van der Waals surface area contributed by atoms with E-state index in [1.807, 2.05) is 30.3 Å². The van der Waals surface area contributed by atoms with Gasteiger partial charge in [-0.15, -0.1) is 0 Å². The average molecular weight is 535 g/mol. The highest BCUT2D eigenvalue weighted by Gasteiger charge is 2.43. The van der Waals surface area contributed by atoms with Gasteiger partial charge in [-0.2, -0.15) is 0 Å². The van der Waals surface area contributed by atoms with Crippen LogP contribution in [0.2, 0.25) is 25.7 Å². The Kier molecular flexibility index (Phi) is 9.78. The molecule has 2 fully saturated rings. The van der Waals surface area contributed by atoms with Gasteiger partial charge in [0.25, 0.3) is 0 Å². The van der Waals surface area contributed by atoms with Crippen LogP contribution in [0.5, 0.6) is 0 Å². The van der Waals surface area contributed by atoms with Crippen molar-refractivity contribution in [1.82, 2.24) is 20.9 Å². The van der Waals surface area contributed by atoms with Crippen molar-refractivity contribution in [2.24, 2.45) is 0 Å². The first-order chi connectivity index (χ1) is 17.5. The zero-order valence-corrected chi connectivity index (χ0v) is 22.7. The standard InChI is InChI=1S/C25H38N4O7Si/c1-37(2,3)14-13-35-24(33)28-20-15-18(26-23(31)32)9-10-21(20)29-12-11-19(22(29)30)27-25(34)36-16-17-7-5-4-6-8-17/h4-8,18-21,26H,9-16H2,1-3H3,(H,27,34)(H,28,33)(H,31,32)/t18-,19+,20-,21+/m1/s1. The molecular weight excluding hydrogens is 496 g/mol. The van der Waals surface area contributed by atoms with E-state index in [9.17, 15) is 19.2 Å². The van der Waals surface area contributed by atoms with Crippen LogP contribution in [0, 0.1) is 0 Å². The molecule has 1 aliphatic carbocycles. The third kappa shape index (κ3) is 8.95. The summed E-state index contributed by atoms with van der Waals surface area (Å²) in [4.78, 5) is 50.9. The Hall–Kier alpha value is -3.28. The van der Waals surface area contributed by atoms with E-state index in [1.165, 1.54) is 0 Å². The van der Waals surface area contributed by atoms with E-state index in [-0.39, 0.29) is 24.6 Å². The first kappa shape index (κ1) is 28.3. The Morgan fingerprint density at radius 1 is 1.00 bits per heavy atom. The van der Waals surface area contributed by atoms with Gasteiger partial charge in [0.15, 0.2) is 0 Å². The number of amides is 4. The van der Waals surface area contributed by atoms with Crippen molar-refractivity contribution in [3.8, 4) is 0 Å². The number of ether oxygens (including phenoxy) is 2. The monoisotopic (exact) mass is 534 g/mol. The second-order valence-electron chi connectivity index (χ2n) is 10.8. The van der Waals surface area contributed by atoms with Gasteiger partial charge in [0.2, 0.25) is 5.91 Å². The molecule has 0 radical (unpaired) electrons. The molecule has 2 aliphatic rings. The molecule has 0 unspecified atom stereocenters. The topological polar surface area (TPSA) is 146 Å². The van der Waals surface area contributed by atoms with E-state index in [4.69, 9.17) is 14.6 Å². The Morgan fingerprint density at radius 3 is 2.38 bits per heavy atom. The maximum Gasteiger partial charge on any atom is 0.408 e. The highest BCUT2D eigenvalue weighted by Crippen LogP contribution is 2.28. The van der Waals surface area contributed by atoms with Crippen molar-refractivity contribution < 1.29 is 33.8 Å². The minimum absolute atomic E-state index is 0.101. The van der Waals surface area contributed by atoms with E-state index in [0.29, 0.717) is 38.8 Å². The normalized spacial score (nSPS) is 23.8. The molecule has 1 saturated heterocycles. The van der Waals surface area contributed by atoms with Crippen molar-refractivity contribution in [3.05, 3.63) is 35.9 Å². The van der Waals surface area contributed by atoms with Crippen LogP contribution in [-0.2, 0) is 20.9 Å². The second kappa shape index (κ2) is 12.8. The van der Waals surface area contributed by atoms with Gasteiger partial charge in [-0.3, -0.25) is 4.79 Å². The summed E-state index contributed by atoms with van der Waals surface area (Å²) >= 11 is 0. The largest absolute Gasteiger partial charge is 0.465 e. The fourth-order valence-electron chi connectivity index (χ4n) is 4.70. The second-order valence-corrected chi connectivity index (χ2v) is 16.4. The lowest BCUT2D eigenvalue weighted by atomic mass is 9.85. The van der Waals surface area contributed by atoms with Crippen LogP contribution < -0.4 is 16.0 Å². The van der Waals surface area contributed by atoms with E-state index in [2.05, 4.69) is 35.6 Å². The van der Waals surface area contributed by atoms with Crippen LogP contribution in [0.4, 0.5) is 14.4 Å². The molecule has 0 spiro atoms. The van der Waals surface area contributed by atoms with Crippen LogP contribution in [0.1, 0.15) is 31.2 Å². The molecule has 4 amide bonds. The third-order valence-electron chi connectivity index (χ3n) is 6.67. The maximum absolute atomic E-state index is 13.2. The van der Waals surface area contributed by atoms with Gasteiger partial charge >= 0.3 is 18.3 Å². The third-order valence-corrected chi connectivity index (χ3v) is 8.38. The first-order valence-electron chi connectivity index (χ1n) is 12.7. The summed E-state index contributed by atoms with van der Waals surface area (Å²) < 4.78 is 10.6. The molecule has 1 aromatic carbocycles. The summed E-state index contributed by atoms with van der Waals surface area (Å²) in [7, 11) is -1.37. The predicted octanol–water partition coefficient (Wildman–Crippen LogP) is 3.14. The van der Waals surface area contributed by atoms with E-state index in [1.54, 1.807) is 4.90 Å². The number of hydrogen-bond acceptors (Lipinski definition) is 6. The molecule has 11 nitrogen and oxygen atoms in total. The summed E-state index contributed by atoms with van der Waals surface area (Å²) in [5.74, 6) is -0.245. The van der Waals surface area contributed by atoms with Crippen LogP contribution >= 0.6 is 0 Å². The summed E-state index contributed by atoms with van der Waals surface area (Å²) in [5.41, 5.74) is 0.842. The van der Waals surface area contributed by atoms with Gasteiger partial charge in [0, 0.05) is 20.7 Å². The zero-order chi connectivity index (χ0) is 27.0. The van der Waals surface area contributed by atoms with Crippen LogP contribution in [0.3, 0.4) is 0 Å². The van der Waals surface area contributed by atoms with Crippen LogP contribution in [0.25, 0.3) is 0 Å². The molecule has 1 aliphatic heterocycles. The van der Waals surface area contributed by atoms with E-state index in [0.717, 1.165) is 11.6 Å². The highest BCUT2D eigenvalue weighted by atomic mass is 28.3. The number of alkyl carbamates (subject to hydrolysis) is 2. The molecule has 4 N–H and O–H groups in total. The summed E-state index contributed by atoms with van der Waals surface area (Å²) in [6.45, 7) is 7.39. The fourth-order valence-corrected chi connectivity index (χ4v) is 5.42. The number of carboxylic acid groups (broad SMARTS) is 1. The minimum Gasteiger partial charge on any atom is -0.465 e. The maximum atomic E-state index is 13.2. The number of likely N-dealkylation sites (tertiary alicyclic amines) is 1. The fraction of sp³-hybridized carbons (Fsp3) is 0.600.